The first-order valence-electron chi connectivity index (χ1n) is 7.38. The topological polar surface area (TPSA) is 43.8 Å². The molecule has 0 aliphatic rings. The average molecular weight is 271 g/mol. The van der Waals surface area contributed by atoms with Crippen LogP contribution in [-0.2, 0) is 7.05 Å². The highest BCUT2D eigenvalue weighted by molar-refractivity contribution is 5.77. The van der Waals surface area contributed by atoms with Gasteiger partial charge in [0.1, 0.15) is 5.82 Å². The lowest BCUT2D eigenvalue weighted by atomic mass is 9.94. The van der Waals surface area contributed by atoms with Crippen LogP contribution in [0.4, 0.5) is 5.82 Å². The Kier molecular flexibility index (Phi) is 4.17. The van der Waals surface area contributed by atoms with Gasteiger partial charge in [-0.25, -0.2) is 0 Å². The number of nitrogens with zero attached hydrogens (tertiary/aromatic N) is 2. The van der Waals surface area contributed by atoms with Crippen molar-refractivity contribution in [3.8, 4) is 11.1 Å². The van der Waals surface area contributed by atoms with Crippen LogP contribution in [0.5, 0.6) is 0 Å². The number of aryl methyl sites for hydroxylation is 1. The summed E-state index contributed by atoms with van der Waals surface area (Å²) in [6.07, 6.45) is 1.06. The maximum absolute atomic E-state index is 6.23. The highest BCUT2D eigenvalue weighted by Crippen LogP contribution is 2.35. The number of benzene rings is 1. The fourth-order valence-corrected chi connectivity index (χ4v) is 2.43. The van der Waals surface area contributed by atoms with Crippen LogP contribution in [0, 0.1) is 0 Å². The molecule has 2 aromatic rings. The molecule has 0 saturated heterocycles. The summed E-state index contributed by atoms with van der Waals surface area (Å²) in [5.74, 6) is 1.71. The second-order valence-corrected chi connectivity index (χ2v) is 5.86. The molecule has 0 bridgehead atoms. The molecule has 1 heterocycles. The molecule has 108 valence electrons. The van der Waals surface area contributed by atoms with Gasteiger partial charge in [0.05, 0.1) is 5.69 Å². The minimum absolute atomic E-state index is 0.415. The van der Waals surface area contributed by atoms with E-state index in [0.29, 0.717) is 11.8 Å². The molecule has 0 aliphatic carbocycles. The number of aromatic nitrogens is 2. The van der Waals surface area contributed by atoms with Gasteiger partial charge in [-0.15, -0.1) is 0 Å². The smallest absolute Gasteiger partial charge is 0.129 e. The maximum Gasteiger partial charge on any atom is 0.129 e. The SMILES string of the molecule is CCC(C)c1nn(C)c(N)c1-c1ccc(C(C)C)cc1. The Morgan fingerprint density at radius 1 is 1.15 bits per heavy atom. The molecule has 0 aliphatic heterocycles. The summed E-state index contributed by atoms with van der Waals surface area (Å²) < 4.78 is 1.78. The van der Waals surface area contributed by atoms with E-state index in [0.717, 1.165) is 29.1 Å². The predicted molar refractivity (Wildman–Crippen MR) is 85.9 cm³/mol. The largest absolute Gasteiger partial charge is 0.383 e. The molecule has 0 radical (unpaired) electrons. The molecule has 1 unspecified atom stereocenters. The van der Waals surface area contributed by atoms with Crippen LogP contribution < -0.4 is 5.73 Å². The van der Waals surface area contributed by atoms with Crippen LogP contribution in [0.15, 0.2) is 24.3 Å². The van der Waals surface area contributed by atoms with Crippen LogP contribution in [0.1, 0.15) is 57.2 Å². The first-order valence-corrected chi connectivity index (χ1v) is 7.38. The number of rotatable bonds is 4. The maximum atomic E-state index is 6.23. The van der Waals surface area contributed by atoms with E-state index in [-0.39, 0.29) is 0 Å². The predicted octanol–water partition coefficient (Wildman–Crippen LogP) is 4.31. The van der Waals surface area contributed by atoms with Crippen molar-refractivity contribution in [2.75, 3.05) is 5.73 Å². The Morgan fingerprint density at radius 3 is 2.25 bits per heavy atom. The molecule has 3 heteroatoms. The van der Waals surface area contributed by atoms with E-state index in [4.69, 9.17) is 5.73 Å². The molecule has 0 fully saturated rings. The third-order valence-corrected chi connectivity index (χ3v) is 4.06. The molecule has 1 atom stereocenters. The standard InChI is InChI=1S/C17H25N3/c1-6-12(4)16-15(17(18)20(5)19-16)14-9-7-13(8-10-14)11(2)3/h7-12H,6,18H2,1-5H3. The number of hydrogen-bond donors (Lipinski definition) is 1. The summed E-state index contributed by atoms with van der Waals surface area (Å²) in [6, 6.07) is 8.70. The molecule has 2 rings (SSSR count). The van der Waals surface area contributed by atoms with E-state index < -0.39 is 0 Å². The number of anilines is 1. The van der Waals surface area contributed by atoms with Crippen molar-refractivity contribution < 1.29 is 0 Å². The van der Waals surface area contributed by atoms with Crippen molar-refractivity contribution in [3.63, 3.8) is 0 Å². The van der Waals surface area contributed by atoms with Gasteiger partial charge in [-0.05, 0) is 23.5 Å². The third-order valence-electron chi connectivity index (χ3n) is 4.06. The number of nitrogens with two attached hydrogens (primary N) is 1. The lowest BCUT2D eigenvalue weighted by Gasteiger charge is -2.11. The van der Waals surface area contributed by atoms with E-state index in [1.165, 1.54) is 5.56 Å². The molecule has 3 nitrogen and oxygen atoms in total. The minimum atomic E-state index is 0.415. The molecule has 1 aromatic heterocycles. The zero-order valence-corrected chi connectivity index (χ0v) is 13.1. The average Bonchev–Trinajstić information content (AvgIpc) is 2.74. The quantitative estimate of drug-likeness (QED) is 0.900. The van der Waals surface area contributed by atoms with E-state index in [9.17, 15) is 0 Å². The lowest BCUT2D eigenvalue weighted by Crippen LogP contribution is -1.98. The number of nitrogen functional groups attached to an aromatic ring is 1. The Hall–Kier alpha value is -1.77. The second-order valence-electron chi connectivity index (χ2n) is 5.86. The van der Waals surface area contributed by atoms with Crippen LogP contribution in [-0.4, -0.2) is 9.78 Å². The molecule has 2 N–H and O–H groups in total. The molecule has 1 aromatic carbocycles. The Bertz CT molecular complexity index is 579. The van der Waals surface area contributed by atoms with Gasteiger partial charge in [-0.1, -0.05) is 52.0 Å². The van der Waals surface area contributed by atoms with Crippen LogP contribution in [0.3, 0.4) is 0 Å². The van der Waals surface area contributed by atoms with Crippen molar-refractivity contribution in [3.05, 3.63) is 35.5 Å². The van der Waals surface area contributed by atoms with Crippen molar-refractivity contribution in [2.24, 2.45) is 7.05 Å². The normalized spacial score (nSPS) is 12.9. The van der Waals surface area contributed by atoms with Crippen LogP contribution in [0.2, 0.25) is 0 Å². The molecule has 0 amide bonds. The molecule has 0 spiro atoms. The first-order chi connectivity index (χ1) is 9.45. The van der Waals surface area contributed by atoms with Gasteiger partial charge in [0.2, 0.25) is 0 Å². The lowest BCUT2D eigenvalue weighted by molar-refractivity contribution is 0.668. The first kappa shape index (κ1) is 14.6. The zero-order chi connectivity index (χ0) is 14.9. The van der Waals surface area contributed by atoms with Gasteiger partial charge in [0, 0.05) is 18.5 Å². The third kappa shape index (κ3) is 2.58. The highest BCUT2D eigenvalue weighted by atomic mass is 15.3. The molecule has 20 heavy (non-hydrogen) atoms. The zero-order valence-electron chi connectivity index (χ0n) is 13.1. The van der Waals surface area contributed by atoms with Crippen molar-refractivity contribution in [1.29, 1.82) is 0 Å². The van der Waals surface area contributed by atoms with Gasteiger partial charge in [0.15, 0.2) is 0 Å². The van der Waals surface area contributed by atoms with Crippen molar-refractivity contribution in [1.82, 2.24) is 9.78 Å². The van der Waals surface area contributed by atoms with Crippen LogP contribution in [0.25, 0.3) is 11.1 Å². The summed E-state index contributed by atoms with van der Waals surface area (Å²) in [5, 5.41) is 4.61. The van der Waals surface area contributed by atoms with Gasteiger partial charge in [-0.2, -0.15) is 5.10 Å². The van der Waals surface area contributed by atoms with Crippen molar-refractivity contribution >= 4 is 5.82 Å². The van der Waals surface area contributed by atoms with E-state index >= 15 is 0 Å². The summed E-state index contributed by atoms with van der Waals surface area (Å²) in [7, 11) is 1.91. The summed E-state index contributed by atoms with van der Waals surface area (Å²) in [6.45, 7) is 8.80. The number of hydrogen-bond acceptors (Lipinski definition) is 2. The molecular formula is C17H25N3. The Labute approximate surface area is 121 Å². The second kappa shape index (κ2) is 5.70. The van der Waals surface area contributed by atoms with Crippen LogP contribution >= 0.6 is 0 Å². The highest BCUT2D eigenvalue weighted by Gasteiger charge is 2.19. The summed E-state index contributed by atoms with van der Waals surface area (Å²) in [5.41, 5.74) is 10.9. The van der Waals surface area contributed by atoms with Gasteiger partial charge >= 0.3 is 0 Å². The fraction of sp³-hybridized carbons (Fsp3) is 0.471. The van der Waals surface area contributed by atoms with E-state index in [1.807, 2.05) is 7.05 Å². The minimum Gasteiger partial charge on any atom is -0.383 e. The fourth-order valence-electron chi connectivity index (χ4n) is 2.43. The summed E-state index contributed by atoms with van der Waals surface area (Å²) in [4.78, 5) is 0. The van der Waals surface area contributed by atoms with Gasteiger partial charge in [0.25, 0.3) is 0 Å². The molecule has 0 saturated carbocycles. The van der Waals surface area contributed by atoms with Gasteiger partial charge < -0.3 is 5.73 Å². The monoisotopic (exact) mass is 271 g/mol. The van der Waals surface area contributed by atoms with E-state index in [2.05, 4.69) is 57.1 Å². The van der Waals surface area contributed by atoms with Gasteiger partial charge in [-0.3, -0.25) is 4.68 Å². The van der Waals surface area contributed by atoms with E-state index in [1.54, 1.807) is 4.68 Å². The Morgan fingerprint density at radius 2 is 1.75 bits per heavy atom. The molecular weight excluding hydrogens is 246 g/mol. The Balaban J connectivity index is 2.51. The van der Waals surface area contributed by atoms with Crippen molar-refractivity contribution in [2.45, 2.75) is 46.0 Å². The summed E-state index contributed by atoms with van der Waals surface area (Å²) >= 11 is 0.